The maximum atomic E-state index is 12.7. The molecule has 0 unspecified atom stereocenters. The van der Waals surface area contributed by atoms with Crippen molar-refractivity contribution in [3.8, 4) is 11.5 Å². The number of hydrogen-bond acceptors (Lipinski definition) is 5. The van der Waals surface area contributed by atoms with E-state index in [-0.39, 0.29) is 16.3 Å². The SMILES string of the molecule is Cc1ccc(-c2nc3cc(Cl)ccc3o2)cc1NC(=O)c1ccc([N+](=O)[O-])cc1Cl. The van der Waals surface area contributed by atoms with Gasteiger partial charge in [0.15, 0.2) is 5.58 Å². The van der Waals surface area contributed by atoms with E-state index in [9.17, 15) is 14.9 Å². The Bertz CT molecular complexity index is 1320. The lowest BCUT2D eigenvalue weighted by atomic mass is 10.1. The second-order valence-corrected chi connectivity index (χ2v) is 7.38. The van der Waals surface area contributed by atoms with E-state index in [1.165, 1.54) is 12.1 Å². The van der Waals surface area contributed by atoms with Crippen molar-refractivity contribution in [2.75, 3.05) is 5.32 Å². The summed E-state index contributed by atoms with van der Waals surface area (Å²) in [5.41, 5.74) is 3.17. The van der Waals surface area contributed by atoms with Crippen molar-refractivity contribution in [2.24, 2.45) is 0 Å². The van der Waals surface area contributed by atoms with Crippen molar-refractivity contribution in [1.82, 2.24) is 4.98 Å². The Morgan fingerprint density at radius 3 is 2.63 bits per heavy atom. The first-order valence-electron chi connectivity index (χ1n) is 8.74. The van der Waals surface area contributed by atoms with Crippen LogP contribution in [0.1, 0.15) is 15.9 Å². The van der Waals surface area contributed by atoms with Gasteiger partial charge in [-0.25, -0.2) is 4.98 Å². The Balaban J connectivity index is 1.65. The highest BCUT2D eigenvalue weighted by molar-refractivity contribution is 6.34. The Kier molecular flexibility index (Phi) is 5.15. The molecule has 7 nitrogen and oxygen atoms in total. The number of halogens is 2. The molecule has 0 bridgehead atoms. The van der Waals surface area contributed by atoms with Crippen molar-refractivity contribution < 1.29 is 14.1 Å². The van der Waals surface area contributed by atoms with E-state index in [1.54, 1.807) is 24.3 Å². The molecule has 0 radical (unpaired) electrons. The minimum absolute atomic E-state index is 0.00802. The molecular weight excluding hydrogens is 429 g/mol. The summed E-state index contributed by atoms with van der Waals surface area (Å²) in [5.74, 6) is -0.101. The molecule has 150 valence electrons. The van der Waals surface area contributed by atoms with Crippen molar-refractivity contribution in [3.63, 3.8) is 0 Å². The fourth-order valence-corrected chi connectivity index (χ4v) is 3.33. The van der Waals surface area contributed by atoms with Crippen LogP contribution < -0.4 is 5.32 Å². The monoisotopic (exact) mass is 441 g/mol. The zero-order chi connectivity index (χ0) is 21.4. The molecule has 4 rings (SSSR count). The number of oxazole rings is 1. The molecule has 0 atom stereocenters. The number of nitrogens with one attached hydrogen (secondary N) is 1. The van der Waals surface area contributed by atoms with Gasteiger partial charge in [-0.15, -0.1) is 0 Å². The lowest BCUT2D eigenvalue weighted by Crippen LogP contribution is -2.13. The normalized spacial score (nSPS) is 10.9. The number of anilines is 1. The van der Waals surface area contributed by atoms with Gasteiger partial charge in [0.25, 0.3) is 11.6 Å². The summed E-state index contributed by atoms with van der Waals surface area (Å²) >= 11 is 12.1. The van der Waals surface area contributed by atoms with E-state index in [0.29, 0.717) is 33.3 Å². The van der Waals surface area contributed by atoms with Gasteiger partial charge in [-0.2, -0.15) is 0 Å². The first-order valence-corrected chi connectivity index (χ1v) is 9.50. The van der Waals surface area contributed by atoms with Crippen LogP contribution in [0.15, 0.2) is 59.0 Å². The Labute approximate surface area is 180 Å². The lowest BCUT2D eigenvalue weighted by Gasteiger charge is -2.10. The number of hydrogen-bond donors (Lipinski definition) is 1. The van der Waals surface area contributed by atoms with Crippen LogP contribution >= 0.6 is 23.2 Å². The predicted molar refractivity (Wildman–Crippen MR) is 115 cm³/mol. The van der Waals surface area contributed by atoms with Gasteiger partial charge in [0.2, 0.25) is 5.89 Å². The average Bonchev–Trinajstić information content (AvgIpc) is 3.12. The zero-order valence-corrected chi connectivity index (χ0v) is 17.0. The summed E-state index contributed by atoms with van der Waals surface area (Å²) < 4.78 is 5.78. The number of aryl methyl sites for hydroxylation is 1. The first kappa shape index (κ1) is 19.9. The topological polar surface area (TPSA) is 98.3 Å². The molecule has 0 aliphatic rings. The van der Waals surface area contributed by atoms with Crippen molar-refractivity contribution in [2.45, 2.75) is 6.92 Å². The van der Waals surface area contributed by atoms with Gasteiger partial charge >= 0.3 is 0 Å². The van der Waals surface area contributed by atoms with Gasteiger partial charge in [0.1, 0.15) is 5.52 Å². The molecule has 4 aromatic rings. The van der Waals surface area contributed by atoms with Gasteiger partial charge in [0.05, 0.1) is 15.5 Å². The number of non-ortho nitro benzene ring substituents is 1. The van der Waals surface area contributed by atoms with E-state index in [4.69, 9.17) is 27.6 Å². The third-order valence-corrected chi connectivity index (χ3v) is 5.04. The fourth-order valence-electron chi connectivity index (χ4n) is 2.91. The summed E-state index contributed by atoms with van der Waals surface area (Å²) in [7, 11) is 0. The van der Waals surface area contributed by atoms with Crippen LogP contribution in [0.25, 0.3) is 22.6 Å². The number of carbonyl (C=O) groups is 1. The molecule has 9 heteroatoms. The zero-order valence-electron chi connectivity index (χ0n) is 15.5. The number of nitrogens with zero attached hydrogens (tertiary/aromatic N) is 2. The molecule has 30 heavy (non-hydrogen) atoms. The fraction of sp³-hybridized carbons (Fsp3) is 0.0476. The van der Waals surface area contributed by atoms with E-state index < -0.39 is 10.8 Å². The third kappa shape index (κ3) is 3.85. The predicted octanol–water partition coefficient (Wildman–Crippen LogP) is 6.27. The molecule has 0 saturated heterocycles. The number of nitro groups is 1. The number of nitro benzene ring substituents is 1. The van der Waals surface area contributed by atoms with Crippen molar-refractivity contribution in [3.05, 3.63) is 85.9 Å². The molecule has 1 N–H and O–H groups in total. The second-order valence-electron chi connectivity index (χ2n) is 6.54. The number of amides is 1. The molecule has 0 aliphatic carbocycles. The van der Waals surface area contributed by atoms with Gasteiger partial charge < -0.3 is 9.73 Å². The summed E-state index contributed by atoms with van der Waals surface area (Å²) in [4.78, 5) is 27.4. The van der Waals surface area contributed by atoms with Gasteiger partial charge in [-0.3, -0.25) is 14.9 Å². The quantitative estimate of drug-likeness (QED) is 0.297. The summed E-state index contributed by atoms with van der Waals surface area (Å²) in [5, 5.41) is 14.2. The van der Waals surface area contributed by atoms with Crippen LogP contribution in [0.2, 0.25) is 10.0 Å². The molecular formula is C21H13Cl2N3O4. The Morgan fingerprint density at radius 1 is 1.10 bits per heavy atom. The minimum atomic E-state index is -0.575. The van der Waals surface area contributed by atoms with Crippen LogP contribution in [-0.4, -0.2) is 15.8 Å². The molecule has 0 fully saturated rings. The lowest BCUT2D eigenvalue weighted by molar-refractivity contribution is -0.384. The average molecular weight is 442 g/mol. The Hall–Kier alpha value is -3.42. The summed E-state index contributed by atoms with van der Waals surface area (Å²) in [6.07, 6.45) is 0. The molecule has 1 aromatic heterocycles. The smallest absolute Gasteiger partial charge is 0.270 e. The number of rotatable bonds is 4. The van der Waals surface area contributed by atoms with Gasteiger partial charge in [-0.1, -0.05) is 29.3 Å². The molecule has 0 saturated carbocycles. The summed E-state index contributed by atoms with van der Waals surface area (Å²) in [6, 6.07) is 14.2. The Morgan fingerprint density at radius 2 is 1.90 bits per heavy atom. The number of fused-ring (bicyclic) bond motifs is 1. The van der Waals surface area contributed by atoms with E-state index >= 15 is 0 Å². The first-order chi connectivity index (χ1) is 14.3. The van der Waals surface area contributed by atoms with Crippen LogP contribution in [0.4, 0.5) is 11.4 Å². The maximum Gasteiger partial charge on any atom is 0.270 e. The van der Waals surface area contributed by atoms with Crippen molar-refractivity contribution >= 4 is 51.6 Å². The van der Waals surface area contributed by atoms with E-state index in [2.05, 4.69) is 10.3 Å². The molecule has 3 aromatic carbocycles. The molecule has 1 heterocycles. The summed E-state index contributed by atoms with van der Waals surface area (Å²) in [6.45, 7) is 1.84. The van der Waals surface area contributed by atoms with E-state index in [1.807, 2.05) is 19.1 Å². The van der Waals surface area contributed by atoms with Crippen LogP contribution in [-0.2, 0) is 0 Å². The number of aromatic nitrogens is 1. The van der Waals surface area contributed by atoms with Crippen molar-refractivity contribution in [1.29, 1.82) is 0 Å². The van der Waals surface area contributed by atoms with Crippen LogP contribution in [0, 0.1) is 17.0 Å². The highest BCUT2D eigenvalue weighted by Gasteiger charge is 2.17. The molecule has 1 amide bonds. The second kappa shape index (κ2) is 7.78. The highest BCUT2D eigenvalue weighted by Crippen LogP contribution is 2.30. The number of carbonyl (C=O) groups excluding carboxylic acids is 1. The largest absolute Gasteiger partial charge is 0.436 e. The third-order valence-electron chi connectivity index (χ3n) is 4.49. The van der Waals surface area contributed by atoms with Crippen LogP contribution in [0.5, 0.6) is 0 Å². The van der Waals surface area contributed by atoms with Gasteiger partial charge in [0, 0.05) is 28.4 Å². The number of benzene rings is 3. The maximum absolute atomic E-state index is 12.7. The molecule has 0 aliphatic heterocycles. The molecule has 0 spiro atoms. The highest BCUT2D eigenvalue weighted by atomic mass is 35.5. The standard InChI is InChI=1S/C21H13Cl2N3O4/c1-11-2-3-12(21-25-18-9-13(22)4-7-19(18)30-21)8-17(11)24-20(27)15-6-5-14(26(28)29)10-16(15)23/h2-10H,1H3,(H,24,27). The van der Waals surface area contributed by atoms with E-state index in [0.717, 1.165) is 11.6 Å². The minimum Gasteiger partial charge on any atom is -0.436 e. The van der Waals surface area contributed by atoms with Crippen LogP contribution in [0.3, 0.4) is 0 Å². The van der Waals surface area contributed by atoms with Gasteiger partial charge in [-0.05, 0) is 48.9 Å².